The molecule has 2 N–H and O–H groups in total. The van der Waals surface area contributed by atoms with Crippen LogP contribution in [0.3, 0.4) is 0 Å². The first-order chi connectivity index (χ1) is 10.4. The topological polar surface area (TPSA) is 53.6 Å². The number of hydrogen-bond acceptors (Lipinski definition) is 4. The third-order valence-electron chi connectivity index (χ3n) is 5.26. The zero-order chi connectivity index (χ0) is 15.7. The number of alkyl carbamates (subject to hydrolysis) is 1. The summed E-state index contributed by atoms with van der Waals surface area (Å²) in [6.45, 7) is 9.50. The molecule has 0 radical (unpaired) electrons. The zero-order valence-corrected chi connectivity index (χ0v) is 14.2. The van der Waals surface area contributed by atoms with E-state index in [1.54, 1.807) is 0 Å². The van der Waals surface area contributed by atoms with Crippen LogP contribution in [-0.2, 0) is 4.74 Å². The molecule has 1 amide bonds. The van der Waals surface area contributed by atoms with E-state index in [0.29, 0.717) is 12.1 Å². The van der Waals surface area contributed by atoms with Crippen molar-refractivity contribution in [1.82, 2.24) is 15.5 Å². The van der Waals surface area contributed by atoms with Crippen molar-refractivity contribution in [2.45, 2.75) is 76.6 Å². The number of rotatable bonds is 3. The highest BCUT2D eigenvalue weighted by Gasteiger charge is 2.36. The van der Waals surface area contributed by atoms with E-state index in [1.165, 1.54) is 32.5 Å². The fourth-order valence-electron chi connectivity index (χ4n) is 4.19. The molecule has 4 rings (SSSR count). The molecule has 22 heavy (non-hydrogen) atoms. The van der Waals surface area contributed by atoms with Gasteiger partial charge in [0.2, 0.25) is 0 Å². The Labute approximate surface area is 134 Å². The van der Waals surface area contributed by atoms with Gasteiger partial charge >= 0.3 is 6.09 Å². The Morgan fingerprint density at radius 1 is 1.09 bits per heavy atom. The normalized spacial score (nSPS) is 38.0. The van der Waals surface area contributed by atoms with E-state index in [1.807, 2.05) is 20.8 Å². The van der Waals surface area contributed by atoms with Crippen molar-refractivity contribution in [3.63, 3.8) is 0 Å². The number of amides is 1. The Balaban J connectivity index is 1.42. The first kappa shape index (κ1) is 16.1. The number of hydrogen-bond donors (Lipinski definition) is 2. The number of nitrogens with one attached hydrogen (secondary N) is 2. The van der Waals surface area contributed by atoms with E-state index in [4.69, 9.17) is 4.74 Å². The monoisotopic (exact) mass is 309 g/mol. The molecule has 0 aromatic carbocycles. The van der Waals surface area contributed by atoms with Crippen LogP contribution < -0.4 is 10.6 Å². The molecule has 3 saturated heterocycles. The molecule has 3 unspecified atom stereocenters. The predicted molar refractivity (Wildman–Crippen MR) is 86.9 cm³/mol. The van der Waals surface area contributed by atoms with Gasteiger partial charge in [-0.2, -0.15) is 0 Å². The molecule has 4 fully saturated rings. The van der Waals surface area contributed by atoms with Gasteiger partial charge in [-0.15, -0.1) is 0 Å². The summed E-state index contributed by atoms with van der Waals surface area (Å²) < 4.78 is 5.35. The second kappa shape index (κ2) is 6.36. The lowest BCUT2D eigenvalue weighted by atomic mass is 9.83. The van der Waals surface area contributed by atoms with Gasteiger partial charge < -0.3 is 20.3 Å². The molecule has 126 valence electrons. The van der Waals surface area contributed by atoms with Crippen LogP contribution in [0.15, 0.2) is 0 Å². The Hall–Kier alpha value is -0.810. The molecule has 0 aromatic rings. The van der Waals surface area contributed by atoms with Crippen LogP contribution in [0.2, 0.25) is 0 Å². The minimum absolute atomic E-state index is 0.258. The summed E-state index contributed by atoms with van der Waals surface area (Å²) in [5.41, 5.74) is -0.421. The van der Waals surface area contributed by atoms with Crippen LogP contribution in [0.25, 0.3) is 0 Å². The fraction of sp³-hybridized carbons (Fsp3) is 0.941. The van der Waals surface area contributed by atoms with Crippen molar-refractivity contribution in [3.05, 3.63) is 0 Å². The fourth-order valence-corrected chi connectivity index (χ4v) is 4.19. The summed E-state index contributed by atoms with van der Waals surface area (Å²) in [4.78, 5) is 14.4. The lowest BCUT2D eigenvalue weighted by molar-refractivity contribution is 0.0502. The average Bonchev–Trinajstić information content (AvgIpc) is 2.85. The standard InChI is InChI=1S/C17H31N3O2/c1-17(2,3)22-16(21)19-14-5-4-13(10-14)18-15-11-20-8-6-12(15)7-9-20/h12-15,18H,4-11H2,1-3H3,(H,19,21). The summed E-state index contributed by atoms with van der Waals surface area (Å²) in [6, 6.07) is 1.46. The highest BCUT2D eigenvalue weighted by atomic mass is 16.6. The number of ether oxygens (including phenoxy) is 1. The largest absolute Gasteiger partial charge is 0.444 e. The Bertz CT molecular complexity index is 399. The maximum atomic E-state index is 11.9. The molecule has 3 atom stereocenters. The van der Waals surface area contributed by atoms with Gasteiger partial charge in [-0.25, -0.2) is 4.79 Å². The summed E-state index contributed by atoms with van der Waals surface area (Å²) in [7, 11) is 0. The number of nitrogens with zero attached hydrogens (tertiary/aromatic N) is 1. The molecular formula is C17H31N3O2. The zero-order valence-electron chi connectivity index (χ0n) is 14.2. The van der Waals surface area contributed by atoms with Gasteiger partial charge in [0.15, 0.2) is 0 Å². The van der Waals surface area contributed by atoms with Crippen LogP contribution >= 0.6 is 0 Å². The number of piperidine rings is 3. The molecule has 1 aliphatic carbocycles. The Kier molecular flexibility index (Phi) is 4.64. The summed E-state index contributed by atoms with van der Waals surface area (Å²) in [5.74, 6) is 0.864. The lowest BCUT2D eigenvalue weighted by Gasteiger charge is -2.46. The van der Waals surface area contributed by atoms with Crippen LogP contribution in [0.5, 0.6) is 0 Å². The third kappa shape index (κ3) is 4.13. The first-order valence-electron chi connectivity index (χ1n) is 8.87. The Morgan fingerprint density at radius 2 is 1.77 bits per heavy atom. The average molecular weight is 309 g/mol. The van der Waals surface area contributed by atoms with Crippen LogP contribution in [0.4, 0.5) is 4.79 Å². The molecule has 3 heterocycles. The van der Waals surface area contributed by atoms with Crippen molar-refractivity contribution in [2.75, 3.05) is 19.6 Å². The molecule has 5 nitrogen and oxygen atoms in total. The molecule has 3 aliphatic heterocycles. The van der Waals surface area contributed by atoms with Gasteiger partial charge in [-0.05, 0) is 71.9 Å². The lowest BCUT2D eigenvalue weighted by Crippen LogP contribution is -2.57. The summed E-state index contributed by atoms with van der Waals surface area (Å²) in [6.07, 6.45) is 5.67. The van der Waals surface area contributed by atoms with Crippen LogP contribution in [0, 0.1) is 5.92 Å². The number of carbonyl (C=O) groups excluding carboxylic acids is 1. The van der Waals surface area contributed by atoms with Crippen molar-refractivity contribution in [2.24, 2.45) is 5.92 Å². The minimum Gasteiger partial charge on any atom is -0.444 e. The van der Waals surface area contributed by atoms with E-state index < -0.39 is 5.60 Å². The van der Waals surface area contributed by atoms with Crippen molar-refractivity contribution in [3.8, 4) is 0 Å². The van der Waals surface area contributed by atoms with E-state index in [9.17, 15) is 4.79 Å². The summed E-state index contributed by atoms with van der Waals surface area (Å²) >= 11 is 0. The Morgan fingerprint density at radius 3 is 2.36 bits per heavy atom. The molecule has 1 saturated carbocycles. The molecule has 5 heteroatoms. The first-order valence-corrected chi connectivity index (χ1v) is 8.87. The van der Waals surface area contributed by atoms with E-state index in [-0.39, 0.29) is 12.1 Å². The van der Waals surface area contributed by atoms with Gasteiger partial charge in [0.25, 0.3) is 0 Å². The van der Waals surface area contributed by atoms with E-state index >= 15 is 0 Å². The van der Waals surface area contributed by atoms with Gasteiger partial charge in [0.1, 0.15) is 5.60 Å². The van der Waals surface area contributed by atoms with Gasteiger partial charge in [-0.1, -0.05) is 0 Å². The summed E-state index contributed by atoms with van der Waals surface area (Å²) in [5, 5.41) is 6.89. The van der Waals surface area contributed by atoms with E-state index in [0.717, 1.165) is 25.2 Å². The van der Waals surface area contributed by atoms with Crippen molar-refractivity contribution in [1.29, 1.82) is 0 Å². The minimum atomic E-state index is -0.421. The second-order valence-corrected chi connectivity index (χ2v) is 8.26. The highest BCUT2D eigenvalue weighted by Crippen LogP contribution is 2.29. The third-order valence-corrected chi connectivity index (χ3v) is 5.26. The van der Waals surface area contributed by atoms with Gasteiger partial charge in [-0.3, -0.25) is 0 Å². The number of fused-ring (bicyclic) bond motifs is 3. The molecular weight excluding hydrogens is 278 g/mol. The van der Waals surface area contributed by atoms with Gasteiger partial charge in [0, 0.05) is 24.7 Å². The predicted octanol–water partition coefficient (Wildman–Crippen LogP) is 2.12. The maximum Gasteiger partial charge on any atom is 0.407 e. The molecule has 2 bridgehead atoms. The maximum absolute atomic E-state index is 11.9. The van der Waals surface area contributed by atoms with E-state index in [2.05, 4.69) is 15.5 Å². The van der Waals surface area contributed by atoms with Crippen LogP contribution in [-0.4, -0.2) is 54.4 Å². The van der Waals surface area contributed by atoms with Crippen molar-refractivity contribution >= 4 is 6.09 Å². The molecule has 0 spiro atoms. The SMILES string of the molecule is CC(C)(C)OC(=O)NC1CCC(NC2CN3CCC2CC3)C1. The smallest absolute Gasteiger partial charge is 0.407 e. The molecule has 4 aliphatic rings. The second-order valence-electron chi connectivity index (χ2n) is 8.26. The number of carbonyl (C=O) groups is 1. The quantitative estimate of drug-likeness (QED) is 0.838. The van der Waals surface area contributed by atoms with Gasteiger partial charge in [0.05, 0.1) is 0 Å². The highest BCUT2D eigenvalue weighted by molar-refractivity contribution is 5.68. The van der Waals surface area contributed by atoms with Crippen molar-refractivity contribution < 1.29 is 9.53 Å². The molecule has 0 aromatic heterocycles. The van der Waals surface area contributed by atoms with Crippen LogP contribution in [0.1, 0.15) is 52.9 Å².